The molecule has 2 rings (SSSR count). The molecule has 2 heterocycles. The van der Waals surface area contributed by atoms with Crippen molar-refractivity contribution in [2.75, 3.05) is 11.5 Å². The van der Waals surface area contributed by atoms with Gasteiger partial charge in [-0.25, -0.2) is 4.68 Å². The van der Waals surface area contributed by atoms with E-state index in [2.05, 4.69) is 12.0 Å². The van der Waals surface area contributed by atoms with Crippen LogP contribution in [0.25, 0.3) is 0 Å². The number of nitro groups is 1. The van der Waals surface area contributed by atoms with E-state index in [1.165, 1.54) is 0 Å². The summed E-state index contributed by atoms with van der Waals surface area (Å²) in [6.07, 6.45) is 0.967. The lowest BCUT2D eigenvalue weighted by Gasteiger charge is -2.15. The van der Waals surface area contributed by atoms with E-state index in [0.717, 1.165) is 12.2 Å². The Morgan fingerprint density at radius 1 is 1.69 bits per heavy atom. The second kappa shape index (κ2) is 3.97. The fourth-order valence-electron chi connectivity index (χ4n) is 2.08. The SMILES string of the molecule is Cc1nn(C2CCSC2C)c(N)c1[N+](=O)[O-]. The molecule has 0 aromatic carbocycles. The maximum Gasteiger partial charge on any atom is 0.333 e. The summed E-state index contributed by atoms with van der Waals surface area (Å²) in [5.41, 5.74) is 6.14. The smallest absolute Gasteiger partial charge is 0.333 e. The van der Waals surface area contributed by atoms with E-state index in [-0.39, 0.29) is 17.5 Å². The summed E-state index contributed by atoms with van der Waals surface area (Å²) in [4.78, 5) is 10.4. The van der Waals surface area contributed by atoms with Gasteiger partial charge in [-0.1, -0.05) is 6.92 Å². The zero-order valence-electron chi connectivity index (χ0n) is 9.21. The number of hydrogen-bond donors (Lipinski definition) is 1. The van der Waals surface area contributed by atoms with Gasteiger partial charge in [-0.2, -0.15) is 16.9 Å². The molecule has 6 nitrogen and oxygen atoms in total. The van der Waals surface area contributed by atoms with E-state index in [9.17, 15) is 10.1 Å². The van der Waals surface area contributed by atoms with E-state index in [4.69, 9.17) is 5.73 Å². The molecule has 1 aromatic rings. The fourth-order valence-corrected chi connectivity index (χ4v) is 3.30. The third kappa shape index (κ3) is 1.64. The summed E-state index contributed by atoms with van der Waals surface area (Å²) in [5, 5.41) is 15.4. The summed E-state index contributed by atoms with van der Waals surface area (Å²) in [6.45, 7) is 3.72. The third-order valence-corrected chi connectivity index (χ3v) is 4.23. The number of nitrogens with zero attached hydrogens (tertiary/aromatic N) is 3. The van der Waals surface area contributed by atoms with Gasteiger partial charge in [0, 0.05) is 5.25 Å². The second-order valence-corrected chi connectivity index (χ2v) is 5.44. The summed E-state index contributed by atoms with van der Waals surface area (Å²) < 4.78 is 1.62. The van der Waals surface area contributed by atoms with Crippen LogP contribution < -0.4 is 5.73 Å². The minimum Gasteiger partial charge on any atom is -0.378 e. The molecule has 1 saturated heterocycles. The Hall–Kier alpha value is -1.24. The molecule has 7 heteroatoms. The first-order valence-electron chi connectivity index (χ1n) is 5.13. The molecule has 1 aromatic heterocycles. The molecule has 0 bridgehead atoms. The number of hydrogen-bond acceptors (Lipinski definition) is 5. The number of aryl methyl sites for hydroxylation is 1. The molecule has 88 valence electrons. The molecule has 0 spiro atoms. The molecule has 16 heavy (non-hydrogen) atoms. The largest absolute Gasteiger partial charge is 0.378 e. The van der Waals surface area contributed by atoms with E-state index in [1.54, 1.807) is 11.6 Å². The van der Waals surface area contributed by atoms with Crippen LogP contribution in [0.3, 0.4) is 0 Å². The van der Waals surface area contributed by atoms with Gasteiger partial charge in [0.25, 0.3) is 0 Å². The van der Waals surface area contributed by atoms with Gasteiger partial charge in [-0.15, -0.1) is 0 Å². The Labute approximate surface area is 97.3 Å². The molecule has 0 aliphatic carbocycles. The predicted octanol–water partition coefficient (Wildman–Crippen LogP) is 1.75. The lowest BCUT2D eigenvalue weighted by molar-refractivity contribution is -0.384. The average molecular weight is 242 g/mol. The first-order valence-corrected chi connectivity index (χ1v) is 6.17. The van der Waals surface area contributed by atoms with Crippen LogP contribution in [0.5, 0.6) is 0 Å². The molecule has 1 aliphatic rings. The van der Waals surface area contributed by atoms with E-state index >= 15 is 0 Å². The van der Waals surface area contributed by atoms with Gasteiger partial charge in [-0.05, 0) is 19.1 Å². The Morgan fingerprint density at radius 2 is 2.38 bits per heavy atom. The van der Waals surface area contributed by atoms with Crippen LogP contribution in [0, 0.1) is 17.0 Å². The molecule has 2 N–H and O–H groups in total. The highest BCUT2D eigenvalue weighted by atomic mass is 32.2. The summed E-state index contributed by atoms with van der Waals surface area (Å²) in [6, 6.07) is 0.178. The van der Waals surface area contributed by atoms with Crippen molar-refractivity contribution in [2.45, 2.75) is 31.6 Å². The van der Waals surface area contributed by atoms with Gasteiger partial charge in [-0.3, -0.25) is 10.1 Å². The van der Waals surface area contributed by atoms with E-state index in [0.29, 0.717) is 10.9 Å². The Balaban J connectivity index is 2.42. The molecular formula is C9H14N4O2S. The molecule has 0 amide bonds. The Kier molecular flexibility index (Phi) is 2.79. The van der Waals surface area contributed by atoms with Crippen LogP contribution in [0.1, 0.15) is 25.1 Å². The Morgan fingerprint density at radius 3 is 2.81 bits per heavy atom. The number of nitrogen functional groups attached to an aromatic ring is 1. The van der Waals surface area contributed by atoms with Gasteiger partial charge in [0.05, 0.1) is 11.0 Å². The van der Waals surface area contributed by atoms with Crippen molar-refractivity contribution in [1.82, 2.24) is 9.78 Å². The van der Waals surface area contributed by atoms with Crippen LogP contribution in [0.4, 0.5) is 11.5 Å². The van der Waals surface area contributed by atoms with Gasteiger partial charge >= 0.3 is 5.69 Å². The molecule has 0 radical (unpaired) electrons. The van der Waals surface area contributed by atoms with Crippen molar-refractivity contribution in [3.05, 3.63) is 15.8 Å². The number of nitrogens with two attached hydrogens (primary N) is 1. The van der Waals surface area contributed by atoms with E-state index < -0.39 is 4.92 Å². The number of rotatable bonds is 2. The molecule has 2 unspecified atom stereocenters. The van der Waals surface area contributed by atoms with Crippen molar-refractivity contribution in [2.24, 2.45) is 0 Å². The Bertz CT molecular complexity index is 431. The third-order valence-electron chi connectivity index (χ3n) is 2.92. The lowest BCUT2D eigenvalue weighted by atomic mass is 10.2. The van der Waals surface area contributed by atoms with Crippen molar-refractivity contribution in [3.63, 3.8) is 0 Å². The van der Waals surface area contributed by atoms with Crippen LogP contribution >= 0.6 is 11.8 Å². The quantitative estimate of drug-likeness (QED) is 0.630. The fraction of sp³-hybridized carbons (Fsp3) is 0.667. The minimum absolute atomic E-state index is 0.0518. The molecular weight excluding hydrogens is 228 g/mol. The highest BCUT2D eigenvalue weighted by Gasteiger charge is 2.32. The summed E-state index contributed by atoms with van der Waals surface area (Å²) in [5.74, 6) is 1.24. The highest BCUT2D eigenvalue weighted by Crippen LogP contribution is 2.39. The van der Waals surface area contributed by atoms with E-state index in [1.807, 2.05) is 11.8 Å². The van der Waals surface area contributed by atoms with Gasteiger partial charge < -0.3 is 5.73 Å². The van der Waals surface area contributed by atoms with Gasteiger partial charge in [0.1, 0.15) is 5.69 Å². The molecule has 2 atom stereocenters. The predicted molar refractivity (Wildman–Crippen MR) is 63.6 cm³/mol. The van der Waals surface area contributed by atoms with Gasteiger partial charge in [0.2, 0.25) is 5.82 Å². The summed E-state index contributed by atoms with van der Waals surface area (Å²) >= 11 is 1.85. The molecule has 0 saturated carbocycles. The topological polar surface area (TPSA) is 87.0 Å². The molecule has 1 fully saturated rings. The number of thioether (sulfide) groups is 1. The van der Waals surface area contributed by atoms with Gasteiger partial charge in [0.15, 0.2) is 0 Å². The monoisotopic (exact) mass is 242 g/mol. The maximum atomic E-state index is 10.8. The number of aromatic nitrogens is 2. The van der Waals surface area contributed by atoms with Crippen LogP contribution in [0.2, 0.25) is 0 Å². The first-order chi connectivity index (χ1) is 7.52. The highest BCUT2D eigenvalue weighted by molar-refractivity contribution is 8.00. The van der Waals surface area contributed by atoms with Crippen molar-refractivity contribution < 1.29 is 4.92 Å². The second-order valence-electron chi connectivity index (χ2n) is 3.95. The van der Waals surface area contributed by atoms with Crippen molar-refractivity contribution >= 4 is 23.3 Å². The minimum atomic E-state index is -0.457. The van der Waals surface area contributed by atoms with Crippen LogP contribution in [-0.4, -0.2) is 25.7 Å². The molecule has 1 aliphatic heterocycles. The summed E-state index contributed by atoms with van der Waals surface area (Å²) in [7, 11) is 0. The number of anilines is 1. The normalized spacial score (nSPS) is 24.9. The van der Waals surface area contributed by atoms with Crippen molar-refractivity contribution in [1.29, 1.82) is 0 Å². The maximum absolute atomic E-state index is 10.8. The van der Waals surface area contributed by atoms with Crippen LogP contribution in [0.15, 0.2) is 0 Å². The zero-order valence-corrected chi connectivity index (χ0v) is 10.0. The standard InChI is InChI=1S/C9H14N4O2S/c1-5-8(13(14)15)9(10)12(11-5)7-3-4-16-6(7)2/h6-7H,3-4,10H2,1-2H3. The van der Waals surface area contributed by atoms with Crippen LogP contribution in [-0.2, 0) is 0 Å². The van der Waals surface area contributed by atoms with Crippen molar-refractivity contribution in [3.8, 4) is 0 Å². The average Bonchev–Trinajstić information content (AvgIpc) is 2.70. The first kappa shape index (κ1) is 11.3. The lowest BCUT2D eigenvalue weighted by Crippen LogP contribution is -2.18. The zero-order chi connectivity index (χ0) is 11.9.